The van der Waals surface area contributed by atoms with Crippen LogP contribution in [0.3, 0.4) is 0 Å². The second-order valence-electron chi connectivity index (χ2n) is 14.3. The number of benzene rings is 7. The maximum absolute atomic E-state index is 6.67. The number of furan rings is 1. The molecule has 1 aliphatic rings. The first kappa shape index (κ1) is 32.1. The van der Waals surface area contributed by atoms with E-state index in [1.165, 1.54) is 22.2 Å². The molecule has 5 heteroatoms. The fourth-order valence-corrected chi connectivity index (χ4v) is 8.30. The Morgan fingerprint density at radius 1 is 0.464 bits per heavy atom. The smallest absolute Gasteiger partial charge is 0.164 e. The summed E-state index contributed by atoms with van der Waals surface area (Å²) in [4.78, 5) is 15.6. The average Bonchev–Trinajstić information content (AvgIpc) is 3.82. The molecule has 7 aromatic carbocycles. The van der Waals surface area contributed by atoms with Crippen LogP contribution in [0, 0.1) is 0 Å². The van der Waals surface area contributed by atoms with Crippen molar-refractivity contribution in [2.24, 2.45) is 0 Å². The van der Waals surface area contributed by atoms with Crippen LogP contribution in [0.5, 0.6) is 0 Å². The molecule has 0 radical (unpaired) electrons. The van der Waals surface area contributed by atoms with E-state index in [4.69, 9.17) is 19.4 Å². The van der Waals surface area contributed by atoms with E-state index >= 15 is 0 Å². The number of para-hydroxylation sites is 1. The number of allylic oxidation sites excluding steroid dienone is 1. The molecule has 3 aromatic heterocycles. The molecule has 1 aliphatic carbocycles. The van der Waals surface area contributed by atoms with E-state index in [-0.39, 0.29) is 0 Å². The molecule has 5 nitrogen and oxygen atoms in total. The number of aromatic nitrogens is 4. The summed E-state index contributed by atoms with van der Waals surface area (Å²) >= 11 is 0. The van der Waals surface area contributed by atoms with E-state index in [2.05, 4.69) is 162 Å². The Morgan fingerprint density at radius 2 is 1.07 bits per heavy atom. The molecule has 0 saturated carbocycles. The topological polar surface area (TPSA) is 56.7 Å². The molecule has 3 heterocycles. The molecule has 0 N–H and O–H groups in total. The Bertz CT molecular complexity index is 3040. The number of fused-ring (bicyclic) bond motifs is 6. The van der Waals surface area contributed by atoms with Gasteiger partial charge >= 0.3 is 0 Å². The van der Waals surface area contributed by atoms with Crippen LogP contribution in [0.2, 0.25) is 0 Å². The summed E-state index contributed by atoms with van der Waals surface area (Å²) in [7, 11) is 0. The molecular weight excluding hydrogens is 685 g/mol. The molecule has 0 saturated heterocycles. The third kappa shape index (κ3) is 5.44. The van der Waals surface area contributed by atoms with Gasteiger partial charge in [-0.25, -0.2) is 15.0 Å². The number of rotatable bonds is 6. The van der Waals surface area contributed by atoms with Crippen molar-refractivity contribution in [3.05, 3.63) is 187 Å². The van der Waals surface area contributed by atoms with Crippen molar-refractivity contribution < 1.29 is 4.42 Å². The predicted molar refractivity (Wildman–Crippen MR) is 228 cm³/mol. The lowest BCUT2D eigenvalue weighted by atomic mass is 10.0. The Hall–Kier alpha value is -7.37. The standard InChI is InChI=1S/C51H34N4O/c1-3-14-33(15-4-1)35-18-11-20-37(30-35)49-52-50(38-21-12-19-36(31-38)34-16-5-2-6-17-34)54-51(53-49)43-24-13-27-46-48(43)42-29-28-39(32-47(42)56-46)55-44-25-9-7-22-40(44)41-23-8-10-26-45(41)55/h1-7,9-22,24-32H,8,23H2. The Kier molecular flexibility index (Phi) is 7.56. The van der Waals surface area contributed by atoms with Crippen molar-refractivity contribution in [2.75, 3.05) is 0 Å². The van der Waals surface area contributed by atoms with E-state index in [1.807, 2.05) is 24.3 Å². The highest BCUT2D eigenvalue weighted by Crippen LogP contribution is 2.40. The molecule has 56 heavy (non-hydrogen) atoms. The zero-order chi connectivity index (χ0) is 37.0. The molecule has 0 bridgehead atoms. The molecule has 11 rings (SSSR count). The Labute approximate surface area is 323 Å². The summed E-state index contributed by atoms with van der Waals surface area (Å²) in [6.07, 6.45) is 6.64. The summed E-state index contributed by atoms with van der Waals surface area (Å²) in [6.45, 7) is 0. The van der Waals surface area contributed by atoms with Crippen molar-refractivity contribution in [2.45, 2.75) is 12.8 Å². The molecule has 0 fully saturated rings. The van der Waals surface area contributed by atoms with Gasteiger partial charge in [0.25, 0.3) is 0 Å². The van der Waals surface area contributed by atoms with Crippen molar-refractivity contribution >= 4 is 38.9 Å². The molecule has 0 amide bonds. The van der Waals surface area contributed by atoms with Gasteiger partial charge in [0.1, 0.15) is 11.2 Å². The number of hydrogen-bond acceptors (Lipinski definition) is 4. The third-order valence-electron chi connectivity index (χ3n) is 10.9. The van der Waals surface area contributed by atoms with Crippen LogP contribution < -0.4 is 0 Å². The van der Waals surface area contributed by atoms with Crippen LogP contribution in [-0.2, 0) is 6.42 Å². The molecule has 0 unspecified atom stereocenters. The average molecular weight is 719 g/mol. The minimum absolute atomic E-state index is 0.591. The van der Waals surface area contributed by atoms with Gasteiger partial charge in [0.2, 0.25) is 0 Å². The maximum Gasteiger partial charge on any atom is 0.164 e. The predicted octanol–water partition coefficient (Wildman–Crippen LogP) is 13.0. The summed E-state index contributed by atoms with van der Waals surface area (Å²) in [6, 6.07) is 59.1. The van der Waals surface area contributed by atoms with Gasteiger partial charge < -0.3 is 8.98 Å². The number of aryl methyl sites for hydroxylation is 1. The van der Waals surface area contributed by atoms with E-state index in [0.29, 0.717) is 17.5 Å². The van der Waals surface area contributed by atoms with Gasteiger partial charge in [-0.05, 0) is 83.1 Å². The maximum atomic E-state index is 6.67. The largest absolute Gasteiger partial charge is 0.456 e. The van der Waals surface area contributed by atoms with Crippen molar-refractivity contribution in [3.8, 4) is 62.1 Å². The molecule has 264 valence electrons. The van der Waals surface area contributed by atoms with Gasteiger partial charge in [0.15, 0.2) is 17.5 Å². The van der Waals surface area contributed by atoms with Crippen LogP contribution >= 0.6 is 0 Å². The van der Waals surface area contributed by atoms with Crippen molar-refractivity contribution in [1.29, 1.82) is 0 Å². The van der Waals surface area contributed by atoms with Crippen molar-refractivity contribution in [1.82, 2.24) is 19.5 Å². The van der Waals surface area contributed by atoms with Crippen LogP contribution in [0.1, 0.15) is 17.7 Å². The summed E-state index contributed by atoms with van der Waals surface area (Å²) < 4.78 is 9.03. The normalized spacial score (nSPS) is 12.4. The van der Waals surface area contributed by atoms with Crippen LogP contribution in [0.15, 0.2) is 180 Å². The van der Waals surface area contributed by atoms with E-state index in [0.717, 1.165) is 79.4 Å². The van der Waals surface area contributed by atoms with Gasteiger partial charge in [-0.1, -0.05) is 133 Å². The first-order valence-electron chi connectivity index (χ1n) is 19.1. The quantitative estimate of drug-likeness (QED) is 0.172. The van der Waals surface area contributed by atoms with E-state index < -0.39 is 0 Å². The van der Waals surface area contributed by atoms with E-state index in [1.54, 1.807) is 0 Å². The zero-order valence-corrected chi connectivity index (χ0v) is 30.4. The summed E-state index contributed by atoms with van der Waals surface area (Å²) in [5.41, 5.74) is 13.7. The summed E-state index contributed by atoms with van der Waals surface area (Å²) in [5, 5.41) is 3.30. The van der Waals surface area contributed by atoms with E-state index in [9.17, 15) is 0 Å². The minimum Gasteiger partial charge on any atom is -0.456 e. The molecule has 0 aliphatic heterocycles. The highest BCUT2D eigenvalue weighted by atomic mass is 16.3. The monoisotopic (exact) mass is 718 g/mol. The van der Waals surface area contributed by atoms with Gasteiger partial charge in [-0.15, -0.1) is 0 Å². The third-order valence-corrected chi connectivity index (χ3v) is 10.9. The molecular formula is C51H34N4O. The highest BCUT2D eigenvalue weighted by Gasteiger charge is 2.21. The van der Waals surface area contributed by atoms with Crippen LogP contribution in [0.4, 0.5) is 0 Å². The first-order chi connectivity index (χ1) is 27.7. The second kappa shape index (κ2) is 13.2. The van der Waals surface area contributed by atoms with Gasteiger partial charge in [0.05, 0.1) is 5.52 Å². The van der Waals surface area contributed by atoms with Crippen LogP contribution in [-0.4, -0.2) is 19.5 Å². The Morgan fingerprint density at radius 3 is 1.79 bits per heavy atom. The fourth-order valence-electron chi connectivity index (χ4n) is 8.30. The number of hydrogen-bond donors (Lipinski definition) is 0. The second-order valence-corrected chi connectivity index (χ2v) is 14.3. The van der Waals surface area contributed by atoms with Crippen LogP contribution in [0.25, 0.3) is 101 Å². The molecule has 0 atom stereocenters. The Balaban J connectivity index is 1.09. The lowest BCUT2D eigenvalue weighted by molar-refractivity contribution is 0.668. The highest BCUT2D eigenvalue weighted by molar-refractivity contribution is 6.12. The summed E-state index contributed by atoms with van der Waals surface area (Å²) in [5.74, 6) is 1.81. The lowest BCUT2D eigenvalue weighted by Gasteiger charge is -2.12. The van der Waals surface area contributed by atoms with Gasteiger partial charge in [-0.3, -0.25) is 0 Å². The zero-order valence-electron chi connectivity index (χ0n) is 30.4. The van der Waals surface area contributed by atoms with Crippen molar-refractivity contribution in [3.63, 3.8) is 0 Å². The number of nitrogens with zero attached hydrogens (tertiary/aromatic N) is 4. The molecule has 10 aromatic rings. The fraction of sp³-hybridized carbons (Fsp3) is 0.0392. The SMILES string of the molecule is C1=Cc2c(c3ccccc3n2-c2ccc3c(c2)oc2cccc(-c4nc(-c5cccc(-c6ccccc6)c5)nc(-c5cccc(-c6ccccc6)c5)n4)c23)CC1. The lowest BCUT2D eigenvalue weighted by Crippen LogP contribution is -2.01. The van der Waals surface area contributed by atoms with Gasteiger partial charge in [0, 0.05) is 50.3 Å². The minimum atomic E-state index is 0.591. The molecule has 0 spiro atoms. The first-order valence-corrected chi connectivity index (χ1v) is 19.1. The van der Waals surface area contributed by atoms with Gasteiger partial charge in [-0.2, -0.15) is 0 Å².